The van der Waals surface area contributed by atoms with Crippen molar-refractivity contribution in [1.29, 1.82) is 0 Å². The number of nitrogens with one attached hydrogen (secondary N) is 1. The van der Waals surface area contributed by atoms with E-state index in [0.29, 0.717) is 18.2 Å². The molecule has 0 unspecified atom stereocenters. The fraction of sp³-hybridized carbons (Fsp3) is 0.435. The molecule has 2 fully saturated rings. The lowest BCUT2D eigenvalue weighted by atomic mass is 10.0. The van der Waals surface area contributed by atoms with Gasteiger partial charge in [0.2, 0.25) is 0 Å². The SMILES string of the molecule is CCCOc1ccc(C(=O)Nc2ccc(N3CC[C@@H]4CN(C)C[C@@H]43)cc2)cc1. The van der Waals surface area contributed by atoms with Gasteiger partial charge in [0.1, 0.15) is 5.75 Å². The number of amides is 1. The molecule has 5 heteroatoms. The zero-order chi connectivity index (χ0) is 19.5. The average molecular weight is 380 g/mol. The molecule has 2 saturated heterocycles. The number of carbonyl (C=O) groups excluding carboxylic acids is 1. The average Bonchev–Trinajstić information content (AvgIpc) is 3.26. The van der Waals surface area contributed by atoms with Crippen molar-refractivity contribution in [2.45, 2.75) is 25.8 Å². The van der Waals surface area contributed by atoms with E-state index in [0.717, 1.165) is 36.9 Å². The largest absolute Gasteiger partial charge is 0.494 e. The van der Waals surface area contributed by atoms with E-state index in [2.05, 4.69) is 41.2 Å². The van der Waals surface area contributed by atoms with Crippen LogP contribution in [0.4, 0.5) is 11.4 Å². The molecule has 0 spiro atoms. The number of nitrogens with zero attached hydrogens (tertiary/aromatic N) is 2. The zero-order valence-electron chi connectivity index (χ0n) is 16.7. The molecule has 2 aliphatic heterocycles. The number of hydrogen-bond acceptors (Lipinski definition) is 4. The molecule has 2 aromatic carbocycles. The second kappa shape index (κ2) is 8.23. The van der Waals surface area contributed by atoms with E-state index in [4.69, 9.17) is 4.74 Å². The van der Waals surface area contributed by atoms with E-state index in [-0.39, 0.29) is 5.91 Å². The summed E-state index contributed by atoms with van der Waals surface area (Å²) in [6, 6.07) is 16.2. The van der Waals surface area contributed by atoms with Crippen LogP contribution >= 0.6 is 0 Å². The minimum Gasteiger partial charge on any atom is -0.494 e. The van der Waals surface area contributed by atoms with Gasteiger partial charge in [0.15, 0.2) is 0 Å². The second-order valence-corrected chi connectivity index (χ2v) is 7.90. The second-order valence-electron chi connectivity index (χ2n) is 7.90. The van der Waals surface area contributed by atoms with Crippen LogP contribution in [-0.2, 0) is 0 Å². The molecule has 0 saturated carbocycles. The van der Waals surface area contributed by atoms with Gasteiger partial charge in [-0.15, -0.1) is 0 Å². The van der Waals surface area contributed by atoms with Gasteiger partial charge >= 0.3 is 0 Å². The first-order chi connectivity index (χ1) is 13.6. The molecule has 0 radical (unpaired) electrons. The highest BCUT2D eigenvalue weighted by atomic mass is 16.5. The van der Waals surface area contributed by atoms with Crippen molar-refractivity contribution in [3.63, 3.8) is 0 Å². The number of ether oxygens (including phenoxy) is 1. The van der Waals surface area contributed by atoms with Crippen molar-refractivity contribution in [2.24, 2.45) is 5.92 Å². The summed E-state index contributed by atoms with van der Waals surface area (Å²) in [7, 11) is 2.21. The zero-order valence-corrected chi connectivity index (χ0v) is 16.7. The van der Waals surface area contributed by atoms with E-state index in [9.17, 15) is 4.79 Å². The van der Waals surface area contributed by atoms with Gasteiger partial charge in [0.05, 0.1) is 6.61 Å². The maximum atomic E-state index is 12.5. The fourth-order valence-electron chi connectivity index (χ4n) is 4.35. The predicted molar refractivity (Wildman–Crippen MR) is 113 cm³/mol. The Kier molecular flexibility index (Phi) is 5.53. The Labute approximate surface area is 167 Å². The van der Waals surface area contributed by atoms with Crippen molar-refractivity contribution in [3.8, 4) is 5.75 Å². The summed E-state index contributed by atoms with van der Waals surface area (Å²) in [6.07, 6.45) is 2.24. The number of hydrogen-bond donors (Lipinski definition) is 1. The molecule has 4 rings (SSSR count). The van der Waals surface area contributed by atoms with Crippen molar-refractivity contribution in [3.05, 3.63) is 54.1 Å². The summed E-state index contributed by atoms with van der Waals surface area (Å²) in [6.45, 7) is 6.23. The Bertz CT molecular complexity index is 804. The van der Waals surface area contributed by atoms with Crippen LogP contribution in [0.15, 0.2) is 48.5 Å². The topological polar surface area (TPSA) is 44.8 Å². The normalized spacial score (nSPS) is 21.6. The van der Waals surface area contributed by atoms with Gasteiger partial charge in [-0.1, -0.05) is 6.92 Å². The van der Waals surface area contributed by atoms with Gasteiger partial charge in [0, 0.05) is 42.6 Å². The minimum absolute atomic E-state index is 0.103. The summed E-state index contributed by atoms with van der Waals surface area (Å²) in [5.74, 6) is 1.48. The summed E-state index contributed by atoms with van der Waals surface area (Å²) < 4.78 is 5.57. The molecular weight excluding hydrogens is 350 g/mol. The quantitative estimate of drug-likeness (QED) is 0.828. The summed E-state index contributed by atoms with van der Waals surface area (Å²) in [4.78, 5) is 17.4. The Morgan fingerprint density at radius 2 is 1.86 bits per heavy atom. The third-order valence-electron chi connectivity index (χ3n) is 5.78. The predicted octanol–water partition coefficient (Wildman–Crippen LogP) is 3.87. The van der Waals surface area contributed by atoms with Crippen LogP contribution in [0.3, 0.4) is 0 Å². The van der Waals surface area contributed by atoms with E-state index >= 15 is 0 Å². The fourth-order valence-corrected chi connectivity index (χ4v) is 4.35. The minimum atomic E-state index is -0.103. The molecule has 0 aliphatic carbocycles. The van der Waals surface area contributed by atoms with Crippen molar-refractivity contribution >= 4 is 17.3 Å². The maximum Gasteiger partial charge on any atom is 0.255 e. The first-order valence-corrected chi connectivity index (χ1v) is 10.2. The molecular formula is C23H29N3O2. The molecule has 2 heterocycles. The number of benzene rings is 2. The molecule has 5 nitrogen and oxygen atoms in total. The highest BCUT2D eigenvalue weighted by molar-refractivity contribution is 6.04. The standard InChI is InChI=1S/C23H29N3O2/c1-3-14-28-21-10-4-17(5-11-21)23(27)24-19-6-8-20(9-7-19)26-13-12-18-15-25(2)16-22(18)26/h4-11,18,22H,3,12-16H2,1-2H3,(H,24,27)/t18-,22+/m1/s1. The number of carbonyl (C=O) groups is 1. The Morgan fingerprint density at radius 1 is 1.11 bits per heavy atom. The van der Waals surface area contributed by atoms with Crippen LogP contribution in [0, 0.1) is 5.92 Å². The molecule has 1 amide bonds. The number of likely N-dealkylation sites (tertiary alicyclic amines) is 1. The van der Waals surface area contributed by atoms with Gasteiger partial charge < -0.3 is 19.9 Å². The Hall–Kier alpha value is -2.53. The van der Waals surface area contributed by atoms with E-state index in [1.54, 1.807) is 12.1 Å². The van der Waals surface area contributed by atoms with Gasteiger partial charge in [-0.2, -0.15) is 0 Å². The van der Waals surface area contributed by atoms with Gasteiger partial charge in [-0.05, 0) is 74.3 Å². The number of fused-ring (bicyclic) bond motifs is 1. The molecule has 2 atom stereocenters. The Morgan fingerprint density at radius 3 is 2.57 bits per heavy atom. The van der Waals surface area contributed by atoms with Crippen molar-refractivity contribution in [1.82, 2.24) is 4.90 Å². The first-order valence-electron chi connectivity index (χ1n) is 10.2. The van der Waals surface area contributed by atoms with Crippen molar-refractivity contribution in [2.75, 3.05) is 43.5 Å². The number of rotatable bonds is 6. The summed E-state index contributed by atoms with van der Waals surface area (Å²) >= 11 is 0. The molecule has 2 aliphatic rings. The highest BCUT2D eigenvalue weighted by Gasteiger charge is 2.39. The smallest absolute Gasteiger partial charge is 0.255 e. The molecule has 1 N–H and O–H groups in total. The van der Waals surface area contributed by atoms with E-state index in [1.165, 1.54) is 18.7 Å². The van der Waals surface area contributed by atoms with Crippen molar-refractivity contribution < 1.29 is 9.53 Å². The third-order valence-corrected chi connectivity index (χ3v) is 5.78. The molecule has 28 heavy (non-hydrogen) atoms. The maximum absolute atomic E-state index is 12.5. The number of likely N-dealkylation sites (N-methyl/N-ethyl adjacent to an activating group) is 1. The lowest BCUT2D eigenvalue weighted by Crippen LogP contribution is -2.34. The molecule has 0 aromatic heterocycles. The first kappa shape index (κ1) is 18.8. The van der Waals surface area contributed by atoms with E-state index in [1.807, 2.05) is 24.3 Å². The Balaban J connectivity index is 1.37. The third kappa shape index (κ3) is 3.99. The highest BCUT2D eigenvalue weighted by Crippen LogP contribution is 2.34. The summed E-state index contributed by atoms with van der Waals surface area (Å²) in [5.41, 5.74) is 2.70. The van der Waals surface area contributed by atoms with Crippen LogP contribution in [-0.4, -0.2) is 50.1 Å². The van der Waals surface area contributed by atoms with E-state index < -0.39 is 0 Å². The molecule has 2 aromatic rings. The monoisotopic (exact) mass is 379 g/mol. The van der Waals surface area contributed by atoms with Gasteiger partial charge in [-0.3, -0.25) is 4.79 Å². The lowest BCUT2D eigenvalue weighted by Gasteiger charge is -2.26. The lowest BCUT2D eigenvalue weighted by molar-refractivity contribution is 0.102. The molecule has 148 valence electrons. The van der Waals surface area contributed by atoms with Crippen LogP contribution in [0.25, 0.3) is 0 Å². The van der Waals surface area contributed by atoms with Gasteiger partial charge in [0.25, 0.3) is 5.91 Å². The van der Waals surface area contributed by atoms with Crippen LogP contribution in [0.1, 0.15) is 30.1 Å². The van der Waals surface area contributed by atoms with Crippen LogP contribution in [0.2, 0.25) is 0 Å². The van der Waals surface area contributed by atoms with Crippen LogP contribution < -0.4 is 15.0 Å². The molecule has 0 bridgehead atoms. The number of anilines is 2. The van der Waals surface area contributed by atoms with Crippen LogP contribution in [0.5, 0.6) is 5.75 Å². The summed E-state index contributed by atoms with van der Waals surface area (Å²) in [5, 5.41) is 2.99. The van der Waals surface area contributed by atoms with Gasteiger partial charge in [-0.25, -0.2) is 0 Å².